The molecule has 1 rings (SSSR count). The van der Waals surface area contributed by atoms with Crippen LogP contribution in [0.3, 0.4) is 0 Å². The summed E-state index contributed by atoms with van der Waals surface area (Å²) in [5.74, 6) is -0.126. The standard InChI is InChI=1S/C16H18O4/c1-4-5-6-7-15(17)20-12(2)16(18)13-8-10-14(19-3)11-9-13/h4-12H,1-3H3. The second kappa shape index (κ2) is 7.94. The van der Waals surface area contributed by atoms with Crippen LogP contribution in [0.1, 0.15) is 24.2 Å². The van der Waals surface area contributed by atoms with Crippen molar-refractivity contribution in [2.75, 3.05) is 7.11 Å². The number of allylic oxidation sites excluding steroid dienone is 3. The molecule has 1 aromatic carbocycles. The van der Waals surface area contributed by atoms with E-state index in [-0.39, 0.29) is 5.78 Å². The van der Waals surface area contributed by atoms with E-state index in [1.54, 1.807) is 56.5 Å². The molecule has 0 aromatic heterocycles. The Kier molecular flexibility index (Phi) is 6.23. The van der Waals surface area contributed by atoms with E-state index in [0.717, 1.165) is 0 Å². The summed E-state index contributed by atoms with van der Waals surface area (Å²) in [5, 5.41) is 0. The molecule has 4 nitrogen and oxygen atoms in total. The van der Waals surface area contributed by atoms with E-state index in [0.29, 0.717) is 11.3 Å². The minimum atomic E-state index is -0.828. The fraction of sp³-hybridized carbons (Fsp3) is 0.250. The van der Waals surface area contributed by atoms with Gasteiger partial charge >= 0.3 is 5.97 Å². The molecular weight excluding hydrogens is 256 g/mol. The Labute approximate surface area is 118 Å². The lowest BCUT2D eigenvalue weighted by atomic mass is 10.1. The lowest BCUT2D eigenvalue weighted by molar-refractivity contribution is -0.140. The Bertz CT molecular complexity index is 512. The Hall–Kier alpha value is -2.36. The molecular formula is C16H18O4. The van der Waals surface area contributed by atoms with Gasteiger partial charge in [0, 0.05) is 11.6 Å². The maximum absolute atomic E-state index is 12.1. The Morgan fingerprint density at radius 3 is 2.35 bits per heavy atom. The number of hydrogen-bond acceptors (Lipinski definition) is 4. The van der Waals surface area contributed by atoms with Gasteiger partial charge in [-0.25, -0.2) is 4.79 Å². The number of hydrogen-bond donors (Lipinski definition) is 0. The Morgan fingerprint density at radius 2 is 1.80 bits per heavy atom. The summed E-state index contributed by atoms with van der Waals surface area (Å²) < 4.78 is 10.0. The van der Waals surface area contributed by atoms with E-state index >= 15 is 0 Å². The molecule has 0 radical (unpaired) electrons. The first-order valence-electron chi connectivity index (χ1n) is 6.26. The molecule has 0 spiro atoms. The van der Waals surface area contributed by atoms with Crippen LogP contribution in [0.4, 0.5) is 0 Å². The number of ketones is 1. The molecule has 106 valence electrons. The molecule has 0 heterocycles. The van der Waals surface area contributed by atoms with Crippen LogP contribution in [0.5, 0.6) is 5.75 Å². The van der Waals surface area contributed by atoms with Crippen molar-refractivity contribution in [3.8, 4) is 5.75 Å². The van der Waals surface area contributed by atoms with E-state index < -0.39 is 12.1 Å². The third-order valence-electron chi connectivity index (χ3n) is 2.57. The van der Waals surface area contributed by atoms with Crippen molar-refractivity contribution < 1.29 is 19.1 Å². The van der Waals surface area contributed by atoms with Crippen LogP contribution in [-0.4, -0.2) is 25.0 Å². The number of benzene rings is 1. The normalized spacial score (nSPS) is 12.6. The first-order chi connectivity index (χ1) is 9.58. The van der Waals surface area contributed by atoms with E-state index in [1.807, 2.05) is 6.92 Å². The second-order valence-corrected chi connectivity index (χ2v) is 4.06. The molecule has 0 aliphatic heterocycles. The highest BCUT2D eigenvalue weighted by Gasteiger charge is 2.18. The number of methoxy groups -OCH3 is 1. The Morgan fingerprint density at radius 1 is 1.15 bits per heavy atom. The molecule has 0 fully saturated rings. The van der Waals surface area contributed by atoms with Gasteiger partial charge in [-0.2, -0.15) is 0 Å². The maximum atomic E-state index is 12.1. The zero-order chi connectivity index (χ0) is 15.0. The van der Waals surface area contributed by atoms with Gasteiger partial charge in [0.15, 0.2) is 6.10 Å². The van der Waals surface area contributed by atoms with Crippen molar-refractivity contribution in [2.24, 2.45) is 0 Å². The highest BCUT2D eigenvalue weighted by molar-refractivity contribution is 6.00. The molecule has 1 aromatic rings. The number of Topliss-reactive ketones (excluding diaryl/α,β-unsaturated/α-hetero) is 1. The van der Waals surface area contributed by atoms with Crippen LogP contribution >= 0.6 is 0 Å². The third kappa shape index (κ3) is 4.72. The van der Waals surface area contributed by atoms with Gasteiger partial charge in [-0.1, -0.05) is 18.2 Å². The highest BCUT2D eigenvalue weighted by atomic mass is 16.5. The molecule has 0 aliphatic rings. The molecule has 20 heavy (non-hydrogen) atoms. The monoisotopic (exact) mass is 274 g/mol. The molecule has 0 N–H and O–H groups in total. The fourth-order valence-corrected chi connectivity index (χ4v) is 1.50. The van der Waals surface area contributed by atoms with E-state index in [4.69, 9.17) is 9.47 Å². The smallest absolute Gasteiger partial charge is 0.331 e. The quantitative estimate of drug-likeness (QED) is 0.346. The average molecular weight is 274 g/mol. The van der Waals surface area contributed by atoms with Crippen molar-refractivity contribution >= 4 is 11.8 Å². The minimum absolute atomic E-state index is 0.250. The van der Waals surface area contributed by atoms with Gasteiger partial charge in [-0.05, 0) is 38.1 Å². The van der Waals surface area contributed by atoms with Gasteiger partial charge in [-0.15, -0.1) is 0 Å². The Balaban J connectivity index is 2.64. The molecule has 1 unspecified atom stereocenters. The molecule has 0 aliphatic carbocycles. The molecule has 0 saturated heterocycles. The molecule has 4 heteroatoms. The van der Waals surface area contributed by atoms with Crippen LogP contribution in [0.15, 0.2) is 48.6 Å². The van der Waals surface area contributed by atoms with Crippen molar-refractivity contribution in [3.05, 3.63) is 54.1 Å². The lowest BCUT2D eigenvalue weighted by Crippen LogP contribution is -2.23. The van der Waals surface area contributed by atoms with Crippen LogP contribution < -0.4 is 4.74 Å². The van der Waals surface area contributed by atoms with Crippen molar-refractivity contribution in [1.29, 1.82) is 0 Å². The minimum Gasteiger partial charge on any atom is -0.497 e. The number of rotatable bonds is 6. The summed E-state index contributed by atoms with van der Waals surface area (Å²) in [4.78, 5) is 23.5. The largest absolute Gasteiger partial charge is 0.497 e. The van der Waals surface area contributed by atoms with Crippen LogP contribution in [0, 0.1) is 0 Å². The summed E-state index contributed by atoms with van der Waals surface area (Å²) >= 11 is 0. The summed E-state index contributed by atoms with van der Waals surface area (Å²) in [6, 6.07) is 6.66. The van der Waals surface area contributed by atoms with Gasteiger partial charge in [0.25, 0.3) is 0 Å². The van der Waals surface area contributed by atoms with E-state index in [9.17, 15) is 9.59 Å². The van der Waals surface area contributed by atoms with Gasteiger partial charge < -0.3 is 9.47 Å². The number of esters is 1. The predicted octanol–water partition coefficient (Wildman–Crippen LogP) is 2.94. The maximum Gasteiger partial charge on any atom is 0.331 e. The zero-order valence-corrected chi connectivity index (χ0v) is 11.8. The molecule has 0 amide bonds. The van der Waals surface area contributed by atoms with Gasteiger partial charge in [0.05, 0.1) is 7.11 Å². The summed E-state index contributed by atoms with van der Waals surface area (Å²) in [5.41, 5.74) is 0.475. The number of carbonyl (C=O) groups excluding carboxylic acids is 2. The first kappa shape index (κ1) is 15.7. The van der Waals surface area contributed by atoms with Gasteiger partial charge in [0.2, 0.25) is 5.78 Å². The summed E-state index contributed by atoms with van der Waals surface area (Å²) in [6.07, 6.45) is 5.50. The number of ether oxygens (including phenoxy) is 2. The third-order valence-corrected chi connectivity index (χ3v) is 2.57. The van der Waals surface area contributed by atoms with Gasteiger partial charge in [0.1, 0.15) is 5.75 Å². The fourth-order valence-electron chi connectivity index (χ4n) is 1.50. The first-order valence-corrected chi connectivity index (χ1v) is 6.26. The zero-order valence-electron chi connectivity index (χ0n) is 11.8. The summed E-state index contributed by atoms with van der Waals surface area (Å²) in [6.45, 7) is 3.39. The van der Waals surface area contributed by atoms with Crippen molar-refractivity contribution in [1.82, 2.24) is 0 Å². The molecule has 0 saturated carbocycles. The highest BCUT2D eigenvalue weighted by Crippen LogP contribution is 2.13. The van der Waals surface area contributed by atoms with Crippen molar-refractivity contribution in [2.45, 2.75) is 20.0 Å². The van der Waals surface area contributed by atoms with E-state index in [1.165, 1.54) is 6.08 Å². The van der Waals surface area contributed by atoms with E-state index in [2.05, 4.69) is 0 Å². The second-order valence-electron chi connectivity index (χ2n) is 4.06. The van der Waals surface area contributed by atoms with Gasteiger partial charge in [-0.3, -0.25) is 4.79 Å². The average Bonchev–Trinajstić information content (AvgIpc) is 2.46. The van der Waals surface area contributed by atoms with Crippen LogP contribution in [0.2, 0.25) is 0 Å². The topological polar surface area (TPSA) is 52.6 Å². The SMILES string of the molecule is CC=CC=CC(=O)OC(C)C(=O)c1ccc(OC)cc1. The lowest BCUT2D eigenvalue weighted by Gasteiger charge is -2.11. The van der Waals surface area contributed by atoms with Crippen LogP contribution in [-0.2, 0) is 9.53 Å². The predicted molar refractivity (Wildman–Crippen MR) is 76.8 cm³/mol. The molecule has 1 atom stereocenters. The number of carbonyl (C=O) groups is 2. The van der Waals surface area contributed by atoms with Crippen molar-refractivity contribution in [3.63, 3.8) is 0 Å². The summed E-state index contributed by atoms with van der Waals surface area (Å²) in [7, 11) is 1.55. The van der Waals surface area contributed by atoms with Crippen LogP contribution in [0.25, 0.3) is 0 Å². The molecule has 0 bridgehead atoms.